The summed E-state index contributed by atoms with van der Waals surface area (Å²) in [7, 11) is 0. The molecule has 14 heavy (non-hydrogen) atoms. The molecule has 0 bridgehead atoms. The molecule has 0 rings (SSSR count). The Kier molecular flexibility index (Phi) is 5.86. The van der Waals surface area contributed by atoms with Gasteiger partial charge in [-0.1, -0.05) is 13.8 Å². The molecular formula is C12H24O2. The molecule has 0 unspecified atom stereocenters. The zero-order valence-electron chi connectivity index (χ0n) is 10.4. The molecule has 84 valence electrons. The third-order valence-corrected chi connectivity index (χ3v) is 1.66. The smallest absolute Gasteiger partial charge is 0.128 e. The maximum absolute atomic E-state index is 5.13. The summed E-state index contributed by atoms with van der Waals surface area (Å²) in [5, 5.41) is 0. The average Bonchev–Trinajstić information content (AvgIpc) is 1.98. The average molecular weight is 200 g/mol. The molecule has 0 heterocycles. The van der Waals surface area contributed by atoms with Crippen LogP contribution in [0, 0.1) is 5.92 Å². The van der Waals surface area contributed by atoms with Crippen molar-refractivity contribution in [3.05, 3.63) is 11.8 Å². The van der Waals surface area contributed by atoms with Crippen LogP contribution in [0.25, 0.3) is 0 Å². The van der Waals surface area contributed by atoms with E-state index in [-0.39, 0.29) is 5.60 Å². The minimum atomic E-state index is -0.241. The molecule has 0 saturated carbocycles. The Labute approximate surface area is 88.2 Å². The van der Waals surface area contributed by atoms with Crippen LogP contribution in [0.15, 0.2) is 11.8 Å². The van der Waals surface area contributed by atoms with Crippen molar-refractivity contribution in [1.82, 2.24) is 0 Å². The molecule has 0 N–H and O–H groups in total. The minimum Gasteiger partial charge on any atom is -0.345 e. The van der Waals surface area contributed by atoms with E-state index in [0.717, 1.165) is 12.3 Å². The van der Waals surface area contributed by atoms with Gasteiger partial charge in [0.05, 0.1) is 0 Å². The van der Waals surface area contributed by atoms with Gasteiger partial charge in [0.15, 0.2) is 0 Å². The van der Waals surface area contributed by atoms with Gasteiger partial charge in [0.2, 0.25) is 0 Å². The van der Waals surface area contributed by atoms with Gasteiger partial charge in [-0.3, -0.25) is 0 Å². The van der Waals surface area contributed by atoms with Crippen molar-refractivity contribution in [3.8, 4) is 0 Å². The van der Waals surface area contributed by atoms with Crippen molar-refractivity contribution in [3.63, 3.8) is 0 Å². The molecule has 0 fully saturated rings. The summed E-state index contributed by atoms with van der Waals surface area (Å²) in [4.78, 5) is 10.2. The molecule has 0 aromatic carbocycles. The molecule has 0 radical (unpaired) electrons. The second-order valence-corrected chi connectivity index (χ2v) is 5.19. The van der Waals surface area contributed by atoms with Gasteiger partial charge in [0.25, 0.3) is 0 Å². The van der Waals surface area contributed by atoms with Crippen molar-refractivity contribution in [2.45, 2.75) is 60.0 Å². The highest BCUT2D eigenvalue weighted by molar-refractivity contribution is 4.92. The van der Waals surface area contributed by atoms with Gasteiger partial charge in [-0.15, -0.1) is 0 Å². The van der Waals surface area contributed by atoms with Crippen molar-refractivity contribution in [2.75, 3.05) is 0 Å². The van der Waals surface area contributed by atoms with E-state index in [1.54, 1.807) is 6.26 Å². The van der Waals surface area contributed by atoms with Crippen LogP contribution in [0.5, 0.6) is 0 Å². The molecule has 0 spiro atoms. The Morgan fingerprint density at radius 1 is 1.29 bits per heavy atom. The summed E-state index contributed by atoms with van der Waals surface area (Å²) >= 11 is 0. The zero-order chi connectivity index (χ0) is 11.2. The molecule has 2 nitrogen and oxygen atoms in total. The van der Waals surface area contributed by atoms with Gasteiger partial charge < -0.3 is 4.89 Å². The van der Waals surface area contributed by atoms with Crippen LogP contribution in [-0.4, -0.2) is 5.60 Å². The zero-order valence-corrected chi connectivity index (χ0v) is 10.4. The molecule has 0 aromatic rings. The summed E-state index contributed by atoms with van der Waals surface area (Å²) in [5.41, 5.74) is 0.984. The Morgan fingerprint density at radius 3 is 2.29 bits per heavy atom. The third kappa shape index (κ3) is 9.59. The van der Waals surface area contributed by atoms with Gasteiger partial charge in [0.1, 0.15) is 11.9 Å². The topological polar surface area (TPSA) is 18.5 Å². The Morgan fingerprint density at radius 2 is 1.86 bits per heavy atom. The van der Waals surface area contributed by atoms with Gasteiger partial charge >= 0.3 is 0 Å². The SMILES string of the molecule is C/C(=C\OOC(C)(C)C)CCC(C)C. The highest BCUT2D eigenvalue weighted by Crippen LogP contribution is 2.12. The van der Waals surface area contributed by atoms with E-state index in [9.17, 15) is 0 Å². The van der Waals surface area contributed by atoms with E-state index >= 15 is 0 Å². The van der Waals surface area contributed by atoms with Gasteiger partial charge in [-0.2, -0.15) is 4.89 Å². The highest BCUT2D eigenvalue weighted by atomic mass is 17.2. The molecule has 2 heteroatoms. The number of allylic oxidation sites excluding steroid dienone is 1. The van der Waals surface area contributed by atoms with Gasteiger partial charge in [-0.05, 0) is 52.0 Å². The van der Waals surface area contributed by atoms with Crippen LogP contribution in [0.2, 0.25) is 0 Å². The Balaban J connectivity index is 3.67. The van der Waals surface area contributed by atoms with E-state index in [1.165, 1.54) is 12.0 Å². The molecule has 0 aliphatic rings. The first kappa shape index (κ1) is 13.5. The summed E-state index contributed by atoms with van der Waals surface area (Å²) in [6, 6.07) is 0. The maximum Gasteiger partial charge on any atom is 0.128 e. The summed E-state index contributed by atoms with van der Waals surface area (Å²) < 4.78 is 0. The van der Waals surface area contributed by atoms with Crippen LogP contribution < -0.4 is 0 Å². The van der Waals surface area contributed by atoms with E-state index in [2.05, 4.69) is 20.8 Å². The molecule has 0 atom stereocenters. The van der Waals surface area contributed by atoms with E-state index in [4.69, 9.17) is 9.78 Å². The van der Waals surface area contributed by atoms with Gasteiger partial charge in [-0.25, -0.2) is 0 Å². The lowest BCUT2D eigenvalue weighted by Crippen LogP contribution is -2.17. The van der Waals surface area contributed by atoms with Crippen LogP contribution in [0.4, 0.5) is 0 Å². The first-order chi connectivity index (χ1) is 6.31. The predicted molar refractivity (Wildman–Crippen MR) is 59.8 cm³/mol. The molecule has 0 aromatic heterocycles. The van der Waals surface area contributed by atoms with Crippen molar-refractivity contribution in [1.29, 1.82) is 0 Å². The summed E-state index contributed by atoms with van der Waals surface area (Å²) in [5.74, 6) is 0.738. The third-order valence-electron chi connectivity index (χ3n) is 1.66. The molecule has 0 aliphatic carbocycles. The standard InChI is InChI=1S/C12H24O2/c1-10(2)7-8-11(3)9-13-14-12(4,5)6/h9-10H,7-8H2,1-6H3/b11-9+. The summed E-state index contributed by atoms with van der Waals surface area (Å²) in [6.45, 7) is 12.4. The fourth-order valence-electron chi connectivity index (χ4n) is 0.826. The van der Waals surface area contributed by atoms with Crippen LogP contribution in [0.1, 0.15) is 54.4 Å². The molecule has 0 saturated heterocycles. The van der Waals surface area contributed by atoms with Crippen molar-refractivity contribution < 1.29 is 9.78 Å². The first-order valence-electron chi connectivity index (χ1n) is 5.31. The monoisotopic (exact) mass is 200 g/mol. The summed E-state index contributed by atoms with van der Waals surface area (Å²) in [6.07, 6.45) is 3.97. The highest BCUT2D eigenvalue weighted by Gasteiger charge is 2.10. The lowest BCUT2D eigenvalue weighted by molar-refractivity contribution is -0.311. The van der Waals surface area contributed by atoms with Crippen LogP contribution >= 0.6 is 0 Å². The largest absolute Gasteiger partial charge is 0.345 e. The molecule has 0 aliphatic heterocycles. The normalized spacial score (nSPS) is 13.5. The quantitative estimate of drug-likeness (QED) is 0.378. The number of hydrogen-bond acceptors (Lipinski definition) is 2. The fraction of sp³-hybridized carbons (Fsp3) is 0.833. The second-order valence-electron chi connectivity index (χ2n) is 5.19. The van der Waals surface area contributed by atoms with Crippen molar-refractivity contribution in [2.24, 2.45) is 5.92 Å². The lowest BCUT2D eigenvalue weighted by atomic mass is 10.0. The predicted octanol–water partition coefficient (Wildman–Crippen LogP) is 4.07. The van der Waals surface area contributed by atoms with E-state index in [0.29, 0.717) is 0 Å². The first-order valence-corrected chi connectivity index (χ1v) is 5.31. The number of hydrogen-bond donors (Lipinski definition) is 0. The van der Waals surface area contributed by atoms with Gasteiger partial charge in [0, 0.05) is 0 Å². The second kappa shape index (κ2) is 6.07. The Bertz CT molecular complexity index is 175. The van der Waals surface area contributed by atoms with E-state index < -0.39 is 0 Å². The molecular weight excluding hydrogens is 176 g/mol. The molecule has 0 amide bonds. The Hall–Kier alpha value is -0.500. The van der Waals surface area contributed by atoms with Crippen LogP contribution in [-0.2, 0) is 9.78 Å². The number of rotatable bonds is 5. The van der Waals surface area contributed by atoms with Crippen molar-refractivity contribution >= 4 is 0 Å². The lowest BCUT2D eigenvalue weighted by Gasteiger charge is -2.16. The maximum atomic E-state index is 5.13. The van der Waals surface area contributed by atoms with Crippen LogP contribution in [0.3, 0.4) is 0 Å². The van der Waals surface area contributed by atoms with E-state index in [1.807, 2.05) is 20.8 Å². The fourth-order valence-corrected chi connectivity index (χ4v) is 0.826. The minimum absolute atomic E-state index is 0.241.